The molecule has 134 valence electrons. The van der Waals surface area contributed by atoms with Gasteiger partial charge in [-0.15, -0.1) is 0 Å². The van der Waals surface area contributed by atoms with Gasteiger partial charge >= 0.3 is 0 Å². The van der Waals surface area contributed by atoms with Crippen LogP contribution in [-0.4, -0.2) is 25.7 Å². The van der Waals surface area contributed by atoms with Crippen molar-refractivity contribution in [2.24, 2.45) is 0 Å². The molecule has 0 aliphatic heterocycles. The lowest BCUT2D eigenvalue weighted by Crippen LogP contribution is -2.32. The van der Waals surface area contributed by atoms with Crippen molar-refractivity contribution in [2.45, 2.75) is 33.1 Å². The van der Waals surface area contributed by atoms with Gasteiger partial charge in [0.15, 0.2) is 6.61 Å². The molecule has 0 saturated heterocycles. The third-order valence-corrected chi connectivity index (χ3v) is 3.83. The van der Waals surface area contributed by atoms with Gasteiger partial charge in [0.2, 0.25) is 0 Å². The van der Waals surface area contributed by atoms with Crippen LogP contribution in [-0.2, 0) is 10.2 Å². The molecule has 0 unspecified atom stereocenters. The molecule has 4 heteroatoms. The largest absolute Gasteiger partial charge is 0.491 e. The number of aryl methyl sites for hydroxylation is 1. The van der Waals surface area contributed by atoms with Crippen molar-refractivity contribution in [3.63, 3.8) is 0 Å². The second kappa shape index (κ2) is 8.56. The van der Waals surface area contributed by atoms with Gasteiger partial charge in [-0.05, 0) is 35.6 Å². The van der Waals surface area contributed by atoms with E-state index in [9.17, 15) is 4.79 Å². The van der Waals surface area contributed by atoms with Crippen LogP contribution in [0.25, 0.3) is 0 Å². The van der Waals surface area contributed by atoms with Crippen LogP contribution in [0.2, 0.25) is 0 Å². The van der Waals surface area contributed by atoms with E-state index < -0.39 is 0 Å². The summed E-state index contributed by atoms with van der Waals surface area (Å²) in [5.41, 5.74) is 2.18. The highest BCUT2D eigenvalue weighted by Gasteiger charge is 2.18. The first-order valence-electron chi connectivity index (χ1n) is 8.55. The number of carbonyl (C=O) groups is 1. The van der Waals surface area contributed by atoms with Crippen molar-refractivity contribution < 1.29 is 14.3 Å². The zero-order valence-electron chi connectivity index (χ0n) is 15.5. The van der Waals surface area contributed by atoms with Crippen LogP contribution in [0.15, 0.2) is 48.5 Å². The minimum atomic E-state index is -0.157. The van der Waals surface area contributed by atoms with Gasteiger partial charge in [-0.3, -0.25) is 4.79 Å². The van der Waals surface area contributed by atoms with E-state index in [1.165, 1.54) is 0 Å². The van der Waals surface area contributed by atoms with Crippen LogP contribution in [0.5, 0.6) is 11.5 Å². The standard InChI is InChI=1S/C21H27NO3/c1-16-9-5-7-11-18(16)25-15-20(23)22-13-14-24-19-12-8-6-10-17(19)21(2,3)4/h5-12H,13-15H2,1-4H3,(H,22,23). The number of amides is 1. The van der Waals surface area contributed by atoms with Gasteiger partial charge in [0.25, 0.3) is 5.91 Å². The predicted octanol–water partition coefficient (Wildman–Crippen LogP) is 3.87. The van der Waals surface area contributed by atoms with Gasteiger partial charge in [-0.25, -0.2) is 0 Å². The minimum absolute atomic E-state index is 0.00340. The van der Waals surface area contributed by atoms with Crippen molar-refractivity contribution >= 4 is 5.91 Å². The molecule has 0 radical (unpaired) electrons. The van der Waals surface area contributed by atoms with E-state index in [0.29, 0.717) is 13.2 Å². The average Bonchev–Trinajstić information content (AvgIpc) is 2.57. The lowest BCUT2D eigenvalue weighted by atomic mass is 9.86. The molecule has 0 aromatic heterocycles. The smallest absolute Gasteiger partial charge is 0.258 e. The van der Waals surface area contributed by atoms with E-state index in [-0.39, 0.29) is 17.9 Å². The maximum absolute atomic E-state index is 11.9. The molecule has 1 N–H and O–H groups in total. The molecular weight excluding hydrogens is 314 g/mol. The Morgan fingerprint density at radius 2 is 1.60 bits per heavy atom. The first-order valence-corrected chi connectivity index (χ1v) is 8.55. The van der Waals surface area contributed by atoms with E-state index >= 15 is 0 Å². The summed E-state index contributed by atoms with van der Waals surface area (Å²) in [5.74, 6) is 1.43. The van der Waals surface area contributed by atoms with Crippen LogP contribution >= 0.6 is 0 Å². The number of ether oxygens (including phenoxy) is 2. The number of para-hydroxylation sites is 2. The summed E-state index contributed by atoms with van der Waals surface area (Å²) >= 11 is 0. The number of nitrogens with one attached hydrogen (secondary N) is 1. The Morgan fingerprint density at radius 3 is 2.28 bits per heavy atom. The zero-order valence-corrected chi connectivity index (χ0v) is 15.5. The highest BCUT2D eigenvalue weighted by molar-refractivity contribution is 5.77. The number of hydrogen-bond donors (Lipinski definition) is 1. The Labute approximate surface area is 150 Å². The summed E-state index contributed by atoms with van der Waals surface area (Å²) in [6.07, 6.45) is 0. The monoisotopic (exact) mass is 341 g/mol. The molecule has 0 saturated carbocycles. The second-order valence-electron chi connectivity index (χ2n) is 7.00. The molecule has 25 heavy (non-hydrogen) atoms. The number of benzene rings is 2. The first-order chi connectivity index (χ1) is 11.9. The SMILES string of the molecule is Cc1ccccc1OCC(=O)NCCOc1ccccc1C(C)(C)C. The fourth-order valence-corrected chi connectivity index (χ4v) is 2.48. The van der Waals surface area contributed by atoms with Crippen molar-refractivity contribution in [1.82, 2.24) is 5.32 Å². The molecule has 2 aromatic carbocycles. The molecule has 0 atom stereocenters. The maximum Gasteiger partial charge on any atom is 0.258 e. The maximum atomic E-state index is 11.9. The predicted molar refractivity (Wildman–Crippen MR) is 100 cm³/mol. The highest BCUT2D eigenvalue weighted by atomic mass is 16.5. The summed E-state index contributed by atoms with van der Waals surface area (Å²) in [5, 5.41) is 2.81. The third-order valence-electron chi connectivity index (χ3n) is 3.83. The fourth-order valence-electron chi connectivity index (χ4n) is 2.48. The molecule has 0 spiro atoms. The lowest BCUT2D eigenvalue weighted by molar-refractivity contribution is -0.123. The summed E-state index contributed by atoms with van der Waals surface area (Å²) in [6.45, 7) is 9.27. The van der Waals surface area contributed by atoms with Gasteiger partial charge in [0.05, 0.1) is 6.54 Å². The summed E-state index contributed by atoms with van der Waals surface area (Å²) in [7, 11) is 0. The fraction of sp³-hybridized carbons (Fsp3) is 0.381. The average molecular weight is 341 g/mol. The highest BCUT2D eigenvalue weighted by Crippen LogP contribution is 2.30. The minimum Gasteiger partial charge on any atom is -0.491 e. The van der Waals surface area contributed by atoms with E-state index in [2.05, 4.69) is 32.2 Å². The second-order valence-corrected chi connectivity index (χ2v) is 7.00. The van der Waals surface area contributed by atoms with E-state index in [1.807, 2.05) is 49.4 Å². The Hall–Kier alpha value is -2.49. The molecule has 4 nitrogen and oxygen atoms in total. The molecule has 0 bridgehead atoms. The molecule has 0 fully saturated rings. The quantitative estimate of drug-likeness (QED) is 0.778. The normalized spacial score (nSPS) is 11.0. The molecule has 2 rings (SSSR count). The van der Waals surface area contributed by atoms with E-state index in [0.717, 1.165) is 22.6 Å². The molecule has 0 aliphatic rings. The number of carbonyl (C=O) groups excluding carboxylic acids is 1. The summed E-state index contributed by atoms with van der Waals surface area (Å²) in [4.78, 5) is 11.9. The Balaban J connectivity index is 1.75. The van der Waals surface area contributed by atoms with Crippen molar-refractivity contribution in [3.8, 4) is 11.5 Å². The van der Waals surface area contributed by atoms with Gasteiger partial charge in [-0.2, -0.15) is 0 Å². The van der Waals surface area contributed by atoms with Crippen molar-refractivity contribution in [3.05, 3.63) is 59.7 Å². The van der Waals surface area contributed by atoms with Gasteiger partial charge in [0.1, 0.15) is 18.1 Å². The Kier molecular flexibility index (Phi) is 6.45. The number of rotatable bonds is 7. The van der Waals surface area contributed by atoms with Crippen LogP contribution in [0, 0.1) is 6.92 Å². The van der Waals surface area contributed by atoms with E-state index in [1.54, 1.807) is 0 Å². The first kappa shape index (κ1) is 18.8. The Bertz CT molecular complexity index is 704. The zero-order chi connectivity index (χ0) is 18.3. The molecule has 0 heterocycles. The third kappa shape index (κ3) is 5.82. The van der Waals surface area contributed by atoms with Crippen molar-refractivity contribution in [2.75, 3.05) is 19.8 Å². The van der Waals surface area contributed by atoms with Gasteiger partial charge in [-0.1, -0.05) is 57.2 Å². The molecule has 1 amide bonds. The molecular formula is C21H27NO3. The van der Waals surface area contributed by atoms with Crippen LogP contribution < -0.4 is 14.8 Å². The topological polar surface area (TPSA) is 47.6 Å². The van der Waals surface area contributed by atoms with E-state index in [4.69, 9.17) is 9.47 Å². The van der Waals surface area contributed by atoms with Crippen LogP contribution in [0.4, 0.5) is 0 Å². The van der Waals surface area contributed by atoms with Crippen molar-refractivity contribution in [1.29, 1.82) is 0 Å². The molecule has 0 aliphatic carbocycles. The van der Waals surface area contributed by atoms with Crippen LogP contribution in [0.1, 0.15) is 31.9 Å². The lowest BCUT2D eigenvalue weighted by Gasteiger charge is -2.22. The summed E-state index contributed by atoms with van der Waals surface area (Å²) < 4.78 is 11.4. The molecule has 2 aromatic rings. The Morgan fingerprint density at radius 1 is 0.960 bits per heavy atom. The number of hydrogen-bond acceptors (Lipinski definition) is 3. The summed E-state index contributed by atoms with van der Waals surface area (Å²) in [6, 6.07) is 15.6. The van der Waals surface area contributed by atoms with Crippen LogP contribution in [0.3, 0.4) is 0 Å². The van der Waals surface area contributed by atoms with Gasteiger partial charge < -0.3 is 14.8 Å². The van der Waals surface area contributed by atoms with Gasteiger partial charge in [0, 0.05) is 0 Å².